The highest BCUT2D eigenvalue weighted by Crippen LogP contribution is 2.43. The lowest BCUT2D eigenvalue weighted by Gasteiger charge is -2.28. The van der Waals surface area contributed by atoms with Crippen molar-refractivity contribution in [3.8, 4) is 11.5 Å². The quantitative estimate of drug-likeness (QED) is 0.294. The normalized spacial score (nSPS) is 16.0. The zero-order valence-corrected chi connectivity index (χ0v) is 19.1. The summed E-state index contributed by atoms with van der Waals surface area (Å²) >= 11 is 0. The van der Waals surface area contributed by atoms with Gasteiger partial charge in [0.2, 0.25) is 6.79 Å². The monoisotopic (exact) mass is 457 g/mol. The Kier molecular flexibility index (Phi) is 5.04. The number of rotatable bonds is 6. The Morgan fingerprint density at radius 2 is 1.94 bits per heavy atom. The van der Waals surface area contributed by atoms with Gasteiger partial charge in [-0.25, -0.2) is 0 Å². The van der Waals surface area contributed by atoms with Crippen molar-refractivity contribution < 1.29 is 14.3 Å². The van der Waals surface area contributed by atoms with Crippen LogP contribution in [0, 0.1) is 0 Å². The number of H-pyrrole nitrogens is 1. The van der Waals surface area contributed by atoms with Crippen molar-refractivity contribution in [2.75, 3.05) is 27.4 Å². The molecule has 8 heteroatoms. The van der Waals surface area contributed by atoms with Crippen LogP contribution >= 0.6 is 0 Å². The lowest BCUT2D eigenvalue weighted by atomic mass is 9.92. The molecule has 0 fully saturated rings. The van der Waals surface area contributed by atoms with Crippen LogP contribution in [0.25, 0.3) is 10.9 Å². The average molecular weight is 458 g/mol. The van der Waals surface area contributed by atoms with Crippen molar-refractivity contribution >= 4 is 16.8 Å². The lowest BCUT2D eigenvalue weighted by Crippen LogP contribution is -2.47. The van der Waals surface area contributed by atoms with Crippen LogP contribution in [0.5, 0.6) is 11.5 Å². The number of likely N-dealkylation sites (N-methyl/N-ethyl adjacent to an activating group) is 2. The molecule has 0 bridgehead atoms. The summed E-state index contributed by atoms with van der Waals surface area (Å²) < 4.78 is 13.4. The summed E-state index contributed by atoms with van der Waals surface area (Å²) in [6.07, 6.45) is 2.70. The van der Waals surface area contributed by atoms with Crippen LogP contribution in [-0.2, 0) is 6.42 Å². The number of benzene rings is 2. The van der Waals surface area contributed by atoms with Gasteiger partial charge < -0.3 is 35.0 Å². The van der Waals surface area contributed by atoms with Crippen LogP contribution in [0.1, 0.15) is 38.9 Å². The topological polar surface area (TPSA) is 92.3 Å². The Balaban J connectivity index is 1.45. The zero-order valence-electron chi connectivity index (χ0n) is 19.1. The number of carbonyl (C=O) groups is 1. The number of nitrogens with zero attached hydrogens (tertiary/aromatic N) is 1. The van der Waals surface area contributed by atoms with E-state index in [1.165, 1.54) is 10.9 Å². The fourth-order valence-corrected chi connectivity index (χ4v) is 5.12. The van der Waals surface area contributed by atoms with E-state index in [0.29, 0.717) is 18.5 Å². The number of carbonyl (C=O) groups excluding carboxylic acids is 1. The molecule has 34 heavy (non-hydrogen) atoms. The van der Waals surface area contributed by atoms with Crippen LogP contribution in [0.2, 0.25) is 0 Å². The minimum absolute atomic E-state index is 0.00370. The number of para-hydroxylation sites is 1. The third-order valence-electron chi connectivity index (χ3n) is 6.89. The molecule has 1 unspecified atom stereocenters. The van der Waals surface area contributed by atoms with E-state index in [4.69, 9.17) is 9.47 Å². The highest BCUT2D eigenvalue weighted by molar-refractivity contribution is 5.96. The standard InChI is InChI=1S/C26H27N5O3/c1-27-23(28-2)13-29-26(32)17-9-10-31-20(17)12-18-16-5-3-4-6-19(16)30-24(18)25(31)15-7-8-21-22(11-15)34-14-33-21/h3-11,23,25,27-28,30H,12-14H2,1-2H3,(H,29,32). The molecule has 1 amide bonds. The van der Waals surface area contributed by atoms with Crippen LogP contribution in [0.3, 0.4) is 0 Å². The van der Waals surface area contributed by atoms with Gasteiger partial charge in [0.1, 0.15) is 0 Å². The summed E-state index contributed by atoms with van der Waals surface area (Å²) in [7, 11) is 3.73. The van der Waals surface area contributed by atoms with Gasteiger partial charge in [0, 0.05) is 41.5 Å². The Morgan fingerprint density at radius 1 is 1.12 bits per heavy atom. The van der Waals surface area contributed by atoms with E-state index in [1.54, 1.807) is 0 Å². The van der Waals surface area contributed by atoms with Crippen LogP contribution in [-0.4, -0.2) is 49.1 Å². The molecule has 2 aromatic heterocycles. The summed E-state index contributed by atoms with van der Waals surface area (Å²) in [5.74, 6) is 1.43. The maximum Gasteiger partial charge on any atom is 0.253 e. The SMILES string of the molecule is CNC(CNC(=O)c1ccn2c1Cc1c([nH]c3ccccc13)C2c1ccc2c(c1)OCO2)NC. The molecule has 6 rings (SSSR count). The molecule has 2 aliphatic rings. The zero-order chi connectivity index (χ0) is 23.2. The number of aromatic amines is 1. The van der Waals surface area contributed by atoms with Crippen LogP contribution in [0.4, 0.5) is 0 Å². The Hall–Kier alpha value is -3.75. The van der Waals surface area contributed by atoms with Crippen molar-refractivity contribution in [1.29, 1.82) is 0 Å². The van der Waals surface area contributed by atoms with E-state index in [0.717, 1.165) is 34.0 Å². The van der Waals surface area contributed by atoms with Crippen LogP contribution in [0.15, 0.2) is 54.7 Å². The molecule has 4 aromatic rings. The number of ether oxygens (including phenoxy) is 2. The molecule has 174 valence electrons. The number of aromatic nitrogens is 2. The number of nitrogens with one attached hydrogen (secondary N) is 4. The predicted molar refractivity (Wildman–Crippen MR) is 130 cm³/mol. The summed E-state index contributed by atoms with van der Waals surface area (Å²) in [4.78, 5) is 16.9. The van der Waals surface area contributed by atoms with Crippen molar-refractivity contribution in [2.24, 2.45) is 0 Å². The first-order chi connectivity index (χ1) is 16.7. The largest absolute Gasteiger partial charge is 0.454 e. The fraction of sp³-hybridized carbons (Fsp3) is 0.269. The van der Waals surface area contributed by atoms with Crippen molar-refractivity contribution in [3.05, 3.63) is 82.8 Å². The molecule has 1 atom stereocenters. The third-order valence-corrected chi connectivity index (χ3v) is 6.89. The second-order valence-corrected chi connectivity index (χ2v) is 8.68. The molecule has 0 aliphatic carbocycles. The molecule has 0 spiro atoms. The Bertz CT molecular complexity index is 1380. The maximum atomic E-state index is 13.2. The predicted octanol–water partition coefficient (Wildman–Crippen LogP) is 2.73. The number of fused-ring (bicyclic) bond motifs is 5. The number of hydrogen-bond acceptors (Lipinski definition) is 5. The highest BCUT2D eigenvalue weighted by atomic mass is 16.7. The van der Waals surface area contributed by atoms with E-state index in [-0.39, 0.29) is 24.9 Å². The fourth-order valence-electron chi connectivity index (χ4n) is 5.12. The number of hydrogen-bond donors (Lipinski definition) is 4. The first kappa shape index (κ1) is 20.8. The van der Waals surface area contributed by atoms with E-state index < -0.39 is 0 Å². The molecule has 2 aromatic carbocycles. The Labute approximate surface area is 197 Å². The minimum Gasteiger partial charge on any atom is -0.454 e. The molecule has 0 radical (unpaired) electrons. The molecule has 4 N–H and O–H groups in total. The summed E-state index contributed by atoms with van der Waals surface area (Å²) in [5, 5.41) is 10.5. The second-order valence-electron chi connectivity index (χ2n) is 8.68. The van der Waals surface area contributed by atoms with Gasteiger partial charge in [0.25, 0.3) is 5.91 Å². The van der Waals surface area contributed by atoms with Crippen LogP contribution < -0.4 is 25.4 Å². The van der Waals surface area contributed by atoms with Gasteiger partial charge in [0.05, 0.1) is 17.8 Å². The van der Waals surface area contributed by atoms with Gasteiger partial charge in [0.15, 0.2) is 11.5 Å². The van der Waals surface area contributed by atoms with Gasteiger partial charge >= 0.3 is 0 Å². The molecule has 0 saturated heterocycles. The van der Waals surface area contributed by atoms with E-state index >= 15 is 0 Å². The van der Waals surface area contributed by atoms with E-state index in [9.17, 15) is 4.79 Å². The summed E-state index contributed by atoms with van der Waals surface area (Å²) in [6.45, 7) is 0.723. The number of amides is 1. The molecular weight excluding hydrogens is 430 g/mol. The second kappa shape index (κ2) is 8.23. The average Bonchev–Trinajstić information content (AvgIpc) is 3.59. The molecule has 0 saturated carbocycles. The lowest BCUT2D eigenvalue weighted by molar-refractivity contribution is 0.0947. The molecule has 8 nitrogen and oxygen atoms in total. The van der Waals surface area contributed by atoms with Gasteiger partial charge in [-0.15, -0.1) is 0 Å². The first-order valence-corrected chi connectivity index (χ1v) is 11.5. The summed E-state index contributed by atoms with van der Waals surface area (Å²) in [6, 6.07) is 16.2. The smallest absolute Gasteiger partial charge is 0.253 e. The van der Waals surface area contributed by atoms with Gasteiger partial charge in [-0.2, -0.15) is 0 Å². The van der Waals surface area contributed by atoms with Crippen molar-refractivity contribution in [1.82, 2.24) is 25.5 Å². The highest BCUT2D eigenvalue weighted by Gasteiger charge is 2.33. The molecule has 2 aliphatic heterocycles. The van der Waals surface area contributed by atoms with Crippen molar-refractivity contribution in [3.63, 3.8) is 0 Å². The van der Waals surface area contributed by atoms with Gasteiger partial charge in [-0.3, -0.25) is 4.79 Å². The van der Waals surface area contributed by atoms with Crippen molar-refractivity contribution in [2.45, 2.75) is 18.6 Å². The van der Waals surface area contributed by atoms with E-state index in [2.05, 4.69) is 49.8 Å². The summed E-state index contributed by atoms with van der Waals surface area (Å²) in [5.41, 5.74) is 6.24. The van der Waals surface area contributed by atoms with Gasteiger partial charge in [-0.05, 0) is 49.5 Å². The van der Waals surface area contributed by atoms with E-state index in [1.807, 2.05) is 44.6 Å². The first-order valence-electron chi connectivity index (χ1n) is 11.5. The minimum atomic E-state index is -0.107. The molecular formula is C26H27N5O3. The van der Waals surface area contributed by atoms with Gasteiger partial charge in [-0.1, -0.05) is 24.3 Å². The third kappa shape index (κ3) is 3.26. The maximum absolute atomic E-state index is 13.2. The molecule has 4 heterocycles. The Morgan fingerprint density at radius 3 is 2.79 bits per heavy atom.